The molecule has 96 valence electrons. The maximum absolute atomic E-state index is 5.50. The molecule has 1 aromatic heterocycles. The van der Waals surface area contributed by atoms with Crippen LogP contribution >= 0.6 is 0 Å². The van der Waals surface area contributed by atoms with Crippen molar-refractivity contribution in [3.63, 3.8) is 0 Å². The Morgan fingerprint density at radius 3 is 2.94 bits per heavy atom. The summed E-state index contributed by atoms with van der Waals surface area (Å²) in [5, 5.41) is 3.19. The van der Waals surface area contributed by atoms with Gasteiger partial charge in [-0.15, -0.1) is 6.42 Å². The largest absolute Gasteiger partial charge is 0.360 e. The second kappa shape index (κ2) is 5.88. The van der Waals surface area contributed by atoms with Gasteiger partial charge < -0.3 is 10.2 Å². The number of hydrogen-bond donors (Lipinski definition) is 1. The number of pyridine rings is 1. The van der Waals surface area contributed by atoms with Crippen LogP contribution in [0, 0.1) is 25.2 Å². The fourth-order valence-electron chi connectivity index (χ4n) is 2.17. The second-order valence-electron chi connectivity index (χ2n) is 5.01. The molecule has 1 aliphatic rings. The van der Waals surface area contributed by atoms with Gasteiger partial charge in [-0.05, 0) is 38.8 Å². The molecule has 0 unspecified atom stereocenters. The molecular weight excluding hydrogens is 222 g/mol. The lowest BCUT2D eigenvalue weighted by molar-refractivity contribution is 0.746. The molecule has 1 aliphatic carbocycles. The zero-order valence-electron chi connectivity index (χ0n) is 11.2. The maximum Gasteiger partial charge on any atom is 0.0791 e. The van der Waals surface area contributed by atoms with Crippen molar-refractivity contribution in [1.82, 2.24) is 10.3 Å². The monoisotopic (exact) mass is 243 g/mol. The van der Waals surface area contributed by atoms with Crippen LogP contribution in [-0.2, 0) is 6.54 Å². The van der Waals surface area contributed by atoms with E-state index >= 15 is 0 Å². The van der Waals surface area contributed by atoms with Gasteiger partial charge in [-0.2, -0.15) is 0 Å². The minimum atomic E-state index is 0.677. The van der Waals surface area contributed by atoms with Crippen LogP contribution in [-0.4, -0.2) is 25.1 Å². The van der Waals surface area contributed by atoms with Crippen molar-refractivity contribution in [2.24, 2.45) is 5.92 Å². The van der Waals surface area contributed by atoms with E-state index in [0.717, 1.165) is 24.7 Å². The van der Waals surface area contributed by atoms with Crippen LogP contribution in [0.5, 0.6) is 0 Å². The number of terminal acetylenes is 1. The van der Waals surface area contributed by atoms with E-state index in [2.05, 4.69) is 27.2 Å². The summed E-state index contributed by atoms with van der Waals surface area (Å²) in [6.07, 6.45) is 10.1. The van der Waals surface area contributed by atoms with Gasteiger partial charge in [0.1, 0.15) is 0 Å². The average molecular weight is 243 g/mol. The van der Waals surface area contributed by atoms with Gasteiger partial charge >= 0.3 is 0 Å². The molecule has 1 saturated carbocycles. The molecule has 3 nitrogen and oxygen atoms in total. The fourth-order valence-corrected chi connectivity index (χ4v) is 2.17. The van der Waals surface area contributed by atoms with Crippen molar-refractivity contribution < 1.29 is 0 Å². The van der Waals surface area contributed by atoms with Crippen LogP contribution in [0.1, 0.15) is 24.1 Å². The average Bonchev–Trinajstić information content (AvgIpc) is 3.15. The summed E-state index contributed by atoms with van der Waals surface area (Å²) in [5.41, 5.74) is 3.50. The molecule has 1 fully saturated rings. The molecule has 1 aromatic rings. The van der Waals surface area contributed by atoms with Gasteiger partial charge in [0.2, 0.25) is 0 Å². The van der Waals surface area contributed by atoms with E-state index in [1.165, 1.54) is 24.1 Å². The number of aryl methyl sites for hydroxylation is 1. The van der Waals surface area contributed by atoms with E-state index in [1.54, 1.807) is 0 Å². The fraction of sp³-hybridized carbons (Fsp3) is 0.533. The number of aromatic nitrogens is 1. The Morgan fingerprint density at radius 2 is 2.33 bits per heavy atom. The molecule has 2 rings (SSSR count). The van der Waals surface area contributed by atoms with Crippen LogP contribution in [0.3, 0.4) is 0 Å². The van der Waals surface area contributed by atoms with Gasteiger partial charge in [-0.25, -0.2) is 0 Å². The lowest BCUT2D eigenvalue weighted by Gasteiger charge is -2.25. The molecule has 1 N–H and O–H groups in total. The van der Waals surface area contributed by atoms with Gasteiger partial charge in [0.25, 0.3) is 0 Å². The van der Waals surface area contributed by atoms with Gasteiger partial charge in [-0.1, -0.05) is 5.92 Å². The maximum atomic E-state index is 5.50. The Labute approximate surface area is 110 Å². The minimum absolute atomic E-state index is 0.677. The molecule has 0 radical (unpaired) electrons. The summed E-state index contributed by atoms with van der Waals surface area (Å²) in [7, 11) is 1.95. The third kappa shape index (κ3) is 3.24. The molecule has 0 saturated heterocycles. The van der Waals surface area contributed by atoms with E-state index in [-0.39, 0.29) is 0 Å². The predicted octanol–water partition coefficient (Wildman–Crippen LogP) is 1.96. The van der Waals surface area contributed by atoms with E-state index in [1.807, 2.05) is 20.2 Å². The topological polar surface area (TPSA) is 28.2 Å². The lowest BCUT2D eigenvalue weighted by atomic mass is 10.1. The highest BCUT2D eigenvalue weighted by Gasteiger charge is 2.25. The Bertz CT molecular complexity index is 444. The molecule has 0 bridgehead atoms. The van der Waals surface area contributed by atoms with Gasteiger partial charge in [-0.3, -0.25) is 4.98 Å². The molecular formula is C15H21N3. The number of rotatable bonds is 6. The van der Waals surface area contributed by atoms with E-state index in [9.17, 15) is 0 Å². The number of hydrogen-bond acceptors (Lipinski definition) is 3. The van der Waals surface area contributed by atoms with Crippen molar-refractivity contribution in [3.05, 3.63) is 23.5 Å². The summed E-state index contributed by atoms with van der Waals surface area (Å²) >= 11 is 0. The second-order valence-corrected chi connectivity index (χ2v) is 5.01. The van der Waals surface area contributed by atoms with Gasteiger partial charge in [0.15, 0.2) is 0 Å². The third-order valence-corrected chi connectivity index (χ3v) is 3.26. The van der Waals surface area contributed by atoms with Crippen molar-refractivity contribution >= 4 is 5.69 Å². The zero-order valence-corrected chi connectivity index (χ0v) is 11.2. The van der Waals surface area contributed by atoms with Crippen molar-refractivity contribution in [3.8, 4) is 12.3 Å². The molecule has 0 amide bonds. The first-order chi connectivity index (χ1) is 8.74. The first-order valence-electron chi connectivity index (χ1n) is 6.53. The zero-order chi connectivity index (χ0) is 13.0. The van der Waals surface area contributed by atoms with Crippen LogP contribution in [0.15, 0.2) is 12.3 Å². The summed E-state index contributed by atoms with van der Waals surface area (Å²) in [6.45, 7) is 4.60. The SMILES string of the molecule is C#CCN(CC1CC1)c1cc(C)ncc1CNC. The molecule has 18 heavy (non-hydrogen) atoms. The normalized spacial score (nSPS) is 14.3. The van der Waals surface area contributed by atoms with Gasteiger partial charge in [0, 0.05) is 36.2 Å². The first kappa shape index (κ1) is 12.9. The van der Waals surface area contributed by atoms with Crippen LogP contribution in [0.2, 0.25) is 0 Å². The van der Waals surface area contributed by atoms with Gasteiger partial charge in [0.05, 0.1) is 6.54 Å². The summed E-state index contributed by atoms with van der Waals surface area (Å²) < 4.78 is 0. The highest BCUT2D eigenvalue weighted by molar-refractivity contribution is 5.54. The minimum Gasteiger partial charge on any atom is -0.360 e. The molecule has 1 heterocycles. The predicted molar refractivity (Wildman–Crippen MR) is 75.5 cm³/mol. The van der Waals surface area contributed by atoms with Crippen LogP contribution in [0.4, 0.5) is 5.69 Å². The summed E-state index contributed by atoms with van der Waals surface area (Å²) in [5.74, 6) is 3.60. The van der Waals surface area contributed by atoms with Crippen molar-refractivity contribution in [2.75, 3.05) is 25.0 Å². The smallest absolute Gasteiger partial charge is 0.0791 e. The third-order valence-electron chi connectivity index (χ3n) is 3.26. The highest BCUT2D eigenvalue weighted by Crippen LogP contribution is 2.32. The number of nitrogens with zero attached hydrogens (tertiary/aromatic N) is 2. The quantitative estimate of drug-likeness (QED) is 0.774. The number of anilines is 1. The summed E-state index contributed by atoms with van der Waals surface area (Å²) in [4.78, 5) is 6.70. The van der Waals surface area contributed by atoms with Crippen molar-refractivity contribution in [2.45, 2.75) is 26.3 Å². The molecule has 0 aromatic carbocycles. The molecule has 3 heteroatoms. The van der Waals surface area contributed by atoms with Crippen LogP contribution in [0.25, 0.3) is 0 Å². The molecule has 0 aliphatic heterocycles. The highest BCUT2D eigenvalue weighted by atomic mass is 15.1. The first-order valence-corrected chi connectivity index (χ1v) is 6.53. The van der Waals surface area contributed by atoms with E-state index < -0.39 is 0 Å². The molecule has 0 atom stereocenters. The Kier molecular flexibility index (Phi) is 4.22. The summed E-state index contributed by atoms with van der Waals surface area (Å²) in [6, 6.07) is 2.15. The van der Waals surface area contributed by atoms with E-state index in [0.29, 0.717) is 6.54 Å². The number of nitrogens with one attached hydrogen (secondary N) is 1. The Morgan fingerprint density at radius 1 is 1.56 bits per heavy atom. The van der Waals surface area contributed by atoms with Crippen LogP contribution < -0.4 is 10.2 Å². The van der Waals surface area contributed by atoms with E-state index in [4.69, 9.17) is 6.42 Å². The standard InChI is InChI=1S/C15H21N3/c1-4-7-18(11-13-5-6-13)15-8-12(2)17-10-14(15)9-16-3/h1,8,10,13,16H,5-7,9,11H2,2-3H3. The Hall–Kier alpha value is -1.53. The Balaban J connectivity index is 2.25. The van der Waals surface area contributed by atoms with Crippen molar-refractivity contribution in [1.29, 1.82) is 0 Å². The lowest BCUT2D eigenvalue weighted by Crippen LogP contribution is -2.28. The molecule has 0 spiro atoms.